The molecule has 1 aromatic rings. The highest BCUT2D eigenvalue weighted by Gasteiger charge is 2.24. The molecule has 25 heavy (non-hydrogen) atoms. The van der Waals surface area contributed by atoms with Gasteiger partial charge >= 0.3 is 6.03 Å². The molecule has 0 aliphatic carbocycles. The number of amides is 2. The van der Waals surface area contributed by atoms with Crippen molar-refractivity contribution >= 4 is 6.03 Å². The highest BCUT2D eigenvalue weighted by atomic mass is 16.2. The number of hydrogen-bond acceptors (Lipinski definition) is 4. The number of piperidine rings is 2. The fraction of sp³-hybridized carbons (Fsp3) is 0.833. The standard InChI is InChI=1S/C18H32N6O/c1-15(2)22-9-4-16(5-10-22)3-8-19-18(25)23-11-6-17(7-12-23)24-13-20-21-14-24/h13-17H,3-12H2,1-2H3,(H,19,25). The molecule has 0 atom stereocenters. The van der Waals surface area contributed by atoms with E-state index in [4.69, 9.17) is 0 Å². The zero-order valence-corrected chi connectivity index (χ0v) is 15.6. The van der Waals surface area contributed by atoms with Gasteiger partial charge in [0.25, 0.3) is 0 Å². The van der Waals surface area contributed by atoms with Crippen LogP contribution in [0.4, 0.5) is 4.79 Å². The van der Waals surface area contributed by atoms with E-state index in [1.54, 1.807) is 12.7 Å². The predicted octanol–water partition coefficient (Wildman–Crippen LogP) is 2.14. The zero-order chi connectivity index (χ0) is 17.6. The molecule has 0 saturated carbocycles. The van der Waals surface area contributed by atoms with Gasteiger partial charge in [-0.1, -0.05) is 0 Å². The lowest BCUT2D eigenvalue weighted by molar-refractivity contribution is 0.144. The monoisotopic (exact) mass is 348 g/mol. The summed E-state index contributed by atoms with van der Waals surface area (Å²) in [5.74, 6) is 0.759. The Kier molecular flexibility index (Phi) is 6.29. The van der Waals surface area contributed by atoms with Gasteiger partial charge in [0.2, 0.25) is 0 Å². The smallest absolute Gasteiger partial charge is 0.317 e. The molecule has 1 N–H and O–H groups in total. The van der Waals surface area contributed by atoms with E-state index in [-0.39, 0.29) is 6.03 Å². The minimum absolute atomic E-state index is 0.0989. The summed E-state index contributed by atoms with van der Waals surface area (Å²) in [6.07, 6.45) is 9.11. The molecule has 2 amide bonds. The van der Waals surface area contributed by atoms with E-state index in [2.05, 4.69) is 38.8 Å². The summed E-state index contributed by atoms with van der Waals surface area (Å²) >= 11 is 0. The highest BCUT2D eigenvalue weighted by Crippen LogP contribution is 2.23. The molecule has 0 radical (unpaired) electrons. The van der Waals surface area contributed by atoms with Crippen LogP contribution < -0.4 is 5.32 Å². The van der Waals surface area contributed by atoms with Crippen molar-refractivity contribution in [3.8, 4) is 0 Å². The Bertz CT molecular complexity index is 516. The van der Waals surface area contributed by atoms with Crippen LogP contribution in [0.25, 0.3) is 0 Å². The molecular weight excluding hydrogens is 316 g/mol. The van der Waals surface area contributed by atoms with Crippen molar-refractivity contribution in [3.63, 3.8) is 0 Å². The van der Waals surface area contributed by atoms with Gasteiger partial charge in [-0.05, 0) is 65.0 Å². The Morgan fingerprint density at radius 1 is 1.08 bits per heavy atom. The Labute approximate surface area is 150 Å². The van der Waals surface area contributed by atoms with Crippen LogP contribution in [0, 0.1) is 5.92 Å². The number of urea groups is 1. The molecule has 3 rings (SSSR count). The quantitative estimate of drug-likeness (QED) is 0.885. The first-order valence-corrected chi connectivity index (χ1v) is 9.74. The van der Waals surface area contributed by atoms with E-state index >= 15 is 0 Å². The topological polar surface area (TPSA) is 66.3 Å². The van der Waals surface area contributed by atoms with Crippen molar-refractivity contribution in [3.05, 3.63) is 12.7 Å². The first-order chi connectivity index (χ1) is 12.1. The second kappa shape index (κ2) is 8.65. The summed E-state index contributed by atoms with van der Waals surface area (Å²) in [6.45, 7) is 9.36. The number of carbonyl (C=O) groups excluding carboxylic acids is 1. The molecule has 7 heteroatoms. The third-order valence-electron chi connectivity index (χ3n) is 5.82. The summed E-state index contributed by atoms with van der Waals surface area (Å²) in [6, 6.07) is 1.17. The Morgan fingerprint density at radius 3 is 2.32 bits per heavy atom. The molecule has 2 aliphatic rings. The van der Waals surface area contributed by atoms with Crippen LogP contribution in [0.15, 0.2) is 12.7 Å². The largest absolute Gasteiger partial charge is 0.338 e. The second-order valence-electron chi connectivity index (χ2n) is 7.72. The summed E-state index contributed by atoms with van der Waals surface area (Å²) in [4.78, 5) is 16.8. The molecule has 0 spiro atoms. The molecule has 0 aromatic carbocycles. The van der Waals surface area contributed by atoms with E-state index in [9.17, 15) is 4.79 Å². The van der Waals surface area contributed by atoms with Gasteiger partial charge in [0.15, 0.2) is 0 Å². The van der Waals surface area contributed by atoms with Gasteiger partial charge in [-0.2, -0.15) is 0 Å². The Morgan fingerprint density at radius 2 is 1.72 bits per heavy atom. The first kappa shape index (κ1) is 18.2. The number of aromatic nitrogens is 3. The van der Waals surface area contributed by atoms with Gasteiger partial charge in [-0.3, -0.25) is 0 Å². The molecule has 2 fully saturated rings. The molecule has 7 nitrogen and oxygen atoms in total. The van der Waals surface area contributed by atoms with E-state index in [1.807, 2.05) is 4.90 Å². The van der Waals surface area contributed by atoms with E-state index in [0.717, 1.165) is 44.8 Å². The molecule has 0 bridgehead atoms. The lowest BCUT2D eigenvalue weighted by Crippen LogP contribution is -2.45. The maximum atomic E-state index is 12.3. The van der Waals surface area contributed by atoms with E-state index in [0.29, 0.717) is 12.1 Å². The van der Waals surface area contributed by atoms with Gasteiger partial charge < -0.3 is 19.7 Å². The van der Waals surface area contributed by atoms with Crippen LogP contribution in [-0.4, -0.2) is 69.4 Å². The molecule has 140 valence electrons. The van der Waals surface area contributed by atoms with Gasteiger partial charge in [0, 0.05) is 31.7 Å². The predicted molar refractivity (Wildman–Crippen MR) is 97.3 cm³/mol. The fourth-order valence-electron chi connectivity index (χ4n) is 4.02. The summed E-state index contributed by atoms with van der Waals surface area (Å²) in [5.41, 5.74) is 0. The molecule has 0 unspecified atom stereocenters. The van der Waals surface area contributed by atoms with Crippen LogP contribution in [0.5, 0.6) is 0 Å². The fourth-order valence-corrected chi connectivity index (χ4v) is 4.02. The van der Waals surface area contributed by atoms with E-state index < -0.39 is 0 Å². The van der Waals surface area contributed by atoms with Crippen molar-refractivity contribution in [2.24, 2.45) is 5.92 Å². The number of likely N-dealkylation sites (tertiary alicyclic amines) is 2. The van der Waals surface area contributed by atoms with Crippen LogP contribution in [-0.2, 0) is 0 Å². The average molecular weight is 348 g/mol. The minimum atomic E-state index is 0.0989. The third-order valence-corrected chi connectivity index (χ3v) is 5.82. The van der Waals surface area contributed by atoms with Crippen LogP contribution >= 0.6 is 0 Å². The molecule has 2 aliphatic heterocycles. The normalized spacial score (nSPS) is 21.0. The van der Waals surface area contributed by atoms with E-state index in [1.165, 1.54) is 25.9 Å². The van der Waals surface area contributed by atoms with Crippen molar-refractivity contribution < 1.29 is 4.79 Å². The number of nitrogens with zero attached hydrogens (tertiary/aromatic N) is 5. The lowest BCUT2D eigenvalue weighted by Gasteiger charge is -2.35. The number of carbonyl (C=O) groups is 1. The van der Waals surface area contributed by atoms with Gasteiger partial charge in [-0.25, -0.2) is 4.79 Å². The second-order valence-corrected chi connectivity index (χ2v) is 7.72. The third kappa shape index (κ3) is 4.93. The SMILES string of the molecule is CC(C)N1CCC(CCNC(=O)N2CCC(n3cnnc3)CC2)CC1. The summed E-state index contributed by atoms with van der Waals surface area (Å²) < 4.78 is 2.05. The first-order valence-electron chi connectivity index (χ1n) is 9.74. The number of rotatable bonds is 5. The molecule has 2 saturated heterocycles. The summed E-state index contributed by atoms with van der Waals surface area (Å²) in [7, 11) is 0. The number of hydrogen-bond donors (Lipinski definition) is 1. The Balaban J connectivity index is 1.31. The van der Waals surface area contributed by atoms with Gasteiger partial charge in [0.1, 0.15) is 12.7 Å². The maximum Gasteiger partial charge on any atom is 0.317 e. The van der Waals surface area contributed by atoms with Crippen molar-refractivity contribution in [2.75, 3.05) is 32.7 Å². The highest BCUT2D eigenvalue weighted by molar-refractivity contribution is 5.74. The molecule has 1 aromatic heterocycles. The maximum absolute atomic E-state index is 12.3. The molecular formula is C18H32N6O. The van der Waals surface area contributed by atoms with Crippen molar-refractivity contribution in [2.45, 2.75) is 58.0 Å². The Hall–Kier alpha value is -1.63. The zero-order valence-electron chi connectivity index (χ0n) is 15.6. The van der Waals surface area contributed by atoms with Gasteiger partial charge in [-0.15, -0.1) is 10.2 Å². The minimum Gasteiger partial charge on any atom is -0.338 e. The van der Waals surface area contributed by atoms with Crippen molar-refractivity contribution in [1.82, 2.24) is 29.9 Å². The van der Waals surface area contributed by atoms with Crippen LogP contribution in [0.1, 0.15) is 52.0 Å². The number of nitrogens with one attached hydrogen (secondary N) is 1. The molecule has 3 heterocycles. The van der Waals surface area contributed by atoms with Crippen LogP contribution in [0.3, 0.4) is 0 Å². The van der Waals surface area contributed by atoms with Crippen LogP contribution in [0.2, 0.25) is 0 Å². The van der Waals surface area contributed by atoms with Crippen molar-refractivity contribution in [1.29, 1.82) is 0 Å². The lowest BCUT2D eigenvalue weighted by atomic mass is 9.93. The summed E-state index contributed by atoms with van der Waals surface area (Å²) in [5, 5.41) is 10.9. The average Bonchev–Trinajstić information content (AvgIpc) is 3.17. The van der Waals surface area contributed by atoms with Gasteiger partial charge in [0.05, 0.1) is 0 Å².